The van der Waals surface area contributed by atoms with Gasteiger partial charge in [-0.1, -0.05) is 12.8 Å². The van der Waals surface area contributed by atoms with Crippen molar-refractivity contribution >= 4 is 29.7 Å². The second-order valence-corrected chi connectivity index (χ2v) is 13.3. The predicted molar refractivity (Wildman–Crippen MR) is 182 cm³/mol. The van der Waals surface area contributed by atoms with E-state index in [-0.39, 0.29) is 34.8 Å². The predicted octanol–water partition coefficient (Wildman–Crippen LogP) is 5.08. The van der Waals surface area contributed by atoms with Gasteiger partial charge in [-0.25, -0.2) is 28.0 Å². The molecular weight excluding hydrogens is 686 g/mol. The fourth-order valence-corrected chi connectivity index (χ4v) is 7.38. The smallest absolute Gasteiger partial charge is 0.414 e. The van der Waals surface area contributed by atoms with Crippen LogP contribution >= 0.6 is 0 Å². The molecule has 0 aromatic heterocycles. The molecule has 13 nitrogen and oxygen atoms in total. The summed E-state index contributed by atoms with van der Waals surface area (Å²) >= 11 is 0. The van der Waals surface area contributed by atoms with Crippen molar-refractivity contribution in [3.63, 3.8) is 0 Å². The highest BCUT2D eigenvalue weighted by atomic mass is 19.1. The maximum absolute atomic E-state index is 15.2. The van der Waals surface area contributed by atoms with Crippen LogP contribution in [-0.4, -0.2) is 110 Å². The maximum atomic E-state index is 15.2. The monoisotopic (exact) mass is 732 g/mol. The van der Waals surface area contributed by atoms with E-state index >= 15 is 8.78 Å². The van der Waals surface area contributed by atoms with Crippen LogP contribution in [0.4, 0.5) is 8.78 Å². The number of ether oxygens (including phenoxy) is 2. The molecule has 284 valence electrons. The van der Waals surface area contributed by atoms with E-state index in [2.05, 4.69) is 9.80 Å². The van der Waals surface area contributed by atoms with Gasteiger partial charge in [0.05, 0.1) is 0 Å². The summed E-state index contributed by atoms with van der Waals surface area (Å²) in [6, 6.07) is 9.34. The third-order valence-corrected chi connectivity index (χ3v) is 9.87. The van der Waals surface area contributed by atoms with Gasteiger partial charge in [-0.3, -0.25) is 14.6 Å². The molecule has 0 bridgehead atoms. The molecule has 15 heteroatoms. The minimum atomic E-state index is -1.82. The molecule has 2 aromatic carbocycles. The lowest BCUT2D eigenvalue weighted by atomic mass is 9.91. The summed E-state index contributed by atoms with van der Waals surface area (Å²) in [7, 11) is 0. The number of rotatable bonds is 8. The van der Waals surface area contributed by atoms with Crippen molar-refractivity contribution < 1.29 is 62.7 Å². The highest BCUT2D eigenvalue weighted by Gasteiger charge is 2.35. The van der Waals surface area contributed by atoms with Crippen LogP contribution in [0.2, 0.25) is 0 Å². The number of ketones is 1. The fraction of sp³-hybridized carbons (Fsp3) is 0.541. The standard InChI is InChI=1S/C33H42F2N2O3.2C2H2O4/c34-25-21-23(13-15-29(25)39-31-11-3-1-9-27(31)36-17-5-6-18-36)33(38)24-14-16-30(26(35)22-24)40-32-12-4-2-10-28(32)37-19-7-8-20-37;2*3-1(4)2(5)6/h13-16,21-22,27-28,31-32H,1-12,17-20H2;2*(H,3,4)(H,5,6)/t27-,28-,31-,32-;;/m1../s1. The Bertz CT molecular complexity index is 1440. The van der Waals surface area contributed by atoms with Gasteiger partial charge in [0.1, 0.15) is 12.2 Å². The van der Waals surface area contributed by atoms with E-state index in [1.165, 1.54) is 50.7 Å². The van der Waals surface area contributed by atoms with Crippen molar-refractivity contribution in [2.45, 2.75) is 101 Å². The summed E-state index contributed by atoms with van der Waals surface area (Å²) in [5.74, 6) is -8.46. The zero-order chi connectivity index (χ0) is 37.8. The van der Waals surface area contributed by atoms with Crippen LogP contribution < -0.4 is 9.47 Å². The Hall–Kier alpha value is -4.63. The number of carbonyl (C=O) groups excluding carboxylic acids is 1. The SMILES string of the molecule is O=C(O)C(=O)O.O=C(O)C(=O)O.O=C(c1ccc(O[C@@H]2CCCC[C@H]2N2CCCC2)c(F)c1)c1ccc(O[C@@H]2CCCC[C@H]2N2CCCC2)c(F)c1. The number of carboxylic acids is 4. The third kappa shape index (κ3) is 11.2. The molecule has 2 saturated heterocycles. The molecule has 4 aliphatic rings. The second kappa shape index (κ2) is 19.3. The molecule has 6 rings (SSSR count). The van der Waals surface area contributed by atoms with Crippen LogP contribution in [0.5, 0.6) is 11.5 Å². The normalized spacial score (nSPS) is 23.3. The Morgan fingerprint density at radius 2 is 0.846 bits per heavy atom. The average Bonchev–Trinajstić information content (AvgIpc) is 3.87. The number of aliphatic carboxylic acids is 4. The number of carboxylic acid groups (broad SMARTS) is 4. The number of likely N-dealkylation sites (tertiary alicyclic amines) is 2. The fourth-order valence-electron chi connectivity index (χ4n) is 7.38. The van der Waals surface area contributed by atoms with Gasteiger partial charge in [0.2, 0.25) is 0 Å². The number of nitrogens with zero attached hydrogens (tertiary/aromatic N) is 2. The second-order valence-electron chi connectivity index (χ2n) is 13.3. The largest absolute Gasteiger partial charge is 0.486 e. The Morgan fingerprint density at radius 1 is 0.519 bits per heavy atom. The molecule has 0 radical (unpaired) electrons. The minimum absolute atomic E-state index is 0.0428. The first-order chi connectivity index (χ1) is 24.8. The number of carbonyl (C=O) groups is 5. The first-order valence-corrected chi connectivity index (χ1v) is 17.7. The van der Waals surface area contributed by atoms with E-state index in [1.54, 1.807) is 24.3 Å². The number of halogens is 2. The number of benzene rings is 2. The summed E-state index contributed by atoms with van der Waals surface area (Å²) < 4.78 is 42.7. The zero-order valence-corrected chi connectivity index (χ0v) is 28.9. The Kier molecular flexibility index (Phi) is 14.9. The summed E-state index contributed by atoms with van der Waals surface area (Å²) in [5.41, 5.74) is 0.359. The van der Waals surface area contributed by atoms with Crippen LogP contribution in [0, 0.1) is 11.6 Å². The van der Waals surface area contributed by atoms with E-state index in [0.717, 1.165) is 64.7 Å². The molecule has 4 fully saturated rings. The third-order valence-electron chi connectivity index (χ3n) is 9.87. The Morgan fingerprint density at radius 3 is 1.15 bits per heavy atom. The summed E-state index contributed by atoms with van der Waals surface area (Å²) in [6.45, 7) is 4.34. The first kappa shape index (κ1) is 40.1. The van der Waals surface area contributed by atoms with Gasteiger partial charge in [-0.15, -0.1) is 0 Å². The van der Waals surface area contributed by atoms with Gasteiger partial charge in [0.15, 0.2) is 28.9 Å². The van der Waals surface area contributed by atoms with Gasteiger partial charge in [0.25, 0.3) is 0 Å². The lowest BCUT2D eigenvalue weighted by molar-refractivity contribution is -0.159. The molecule has 2 aliphatic carbocycles. The van der Waals surface area contributed by atoms with Gasteiger partial charge in [0, 0.05) is 23.2 Å². The molecule has 0 spiro atoms. The van der Waals surface area contributed by atoms with Crippen LogP contribution in [0.15, 0.2) is 36.4 Å². The van der Waals surface area contributed by atoms with Crippen molar-refractivity contribution in [1.29, 1.82) is 0 Å². The molecule has 52 heavy (non-hydrogen) atoms. The van der Waals surface area contributed by atoms with Crippen molar-refractivity contribution in [3.8, 4) is 11.5 Å². The van der Waals surface area contributed by atoms with Crippen molar-refractivity contribution in [1.82, 2.24) is 9.80 Å². The van der Waals surface area contributed by atoms with Crippen LogP contribution in [-0.2, 0) is 19.2 Å². The molecule has 2 heterocycles. The molecule has 4 atom stereocenters. The number of hydrogen-bond donors (Lipinski definition) is 4. The van der Waals surface area contributed by atoms with Crippen LogP contribution in [0.1, 0.15) is 93.0 Å². The van der Waals surface area contributed by atoms with Crippen molar-refractivity contribution in [3.05, 3.63) is 59.2 Å². The molecule has 2 aliphatic heterocycles. The van der Waals surface area contributed by atoms with Crippen molar-refractivity contribution in [2.24, 2.45) is 0 Å². The minimum Gasteiger partial charge on any atom is -0.486 e. The van der Waals surface area contributed by atoms with Gasteiger partial charge >= 0.3 is 23.9 Å². The molecule has 0 unspecified atom stereocenters. The summed E-state index contributed by atoms with van der Waals surface area (Å²) in [6.07, 6.45) is 13.2. The average molecular weight is 733 g/mol. The Balaban J connectivity index is 0.000000436. The molecule has 2 saturated carbocycles. The highest BCUT2D eigenvalue weighted by Crippen LogP contribution is 2.33. The van der Waals surface area contributed by atoms with Crippen LogP contribution in [0.25, 0.3) is 0 Å². The quantitative estimate of drug-likeness (QED) is 0.208. The van der Waals surface area contributed by atoms with E-state index in [0.29, 0.717) is 12.1 Å². The zero-order valence-electron chi connectivity index (χ0n) is 28.9. The molecule has 2 aromatic rings. The molecule has 0 amide bonds. The summed E-state index contributed by atoms with van der Waals surface area (Å²) in [5, 5.41) is 29.6. The lowest BCUT2D eigenvalue weighted by Gasteiger charge is -2.37. The van der Waals surface area contributed by atoms with E-state index in [4.69, 9.17) is 49.1 Å². The topological polar surface area (TPSA) is 191 Å². The number of hydrogen-bond acceptors (Lipinski definition) is 9. The van der Waals surface area contributed by atoms with Gasteiger partial charge in [-0.2, -0.15) is 0 Å². The molecular formula is C37H46F2N2O11. The van der Waals surface area contributed by atoms with E-state index in [1.807, 2.05) is 0 Å². The van der Waals surface area contributed by atoms with Crippen LogP contribution in [0.3, 0.4) is 0 Å². The van der Waals surface area contributed by atoms with Gasteiger partial charge in [-0.05, 0) is 127 Å². The van der Waals surface area contributed by atoms with Gasteiger partial charge < -0.3 is 29.9 Å². The van der Waals surface area contributed by atoms with Crippen molar-refractivity contribution in [2.75, 3.05) is 26.2 Å². The first-order valence-electron chi connectivity index (χ1n) is 17.7. The highest BCUT2D eigenvalue weighted by molar-refractivity contribution is 6.27. The lowest BCUT2D eigenvalue weighted by Crippen LogP contribution is -2.46. The van der Waals surface area contributed by atoms with E-state index in [9.17, 15) is 4.79 Å². The summed E-state index contributed by atoms with van der Waals surface area (Å²) in [4.78, 5) is 54.6. The maximum Gasteiger partial charge on any atom is 0.414 e. The Labute approximate surface area is 300 Å². The molecule has 4 N–H and O–H groups in total. The van der Waals surface area contributed by atoms with E-state index < -0.39 is 41.3 Å².